The predicted octanol–water partition coefficient (Wildman–Crippen LogP) is 2.92. The number of benzene rings is 1. The Balaban J connectivity index is 1.63. The van der Waals surface area contributed by atoms with Gasteiger partial charge in [0.15, 0.2) is 37.9 Å². The molecule has 4 rings (SSSR count). The molecule has 3 aromatic heterocycles. The fourth-order valence-corrected chi connectivity index (χ4v) is 4.37. The number of fused-ring (bicyclic) bond motifs is 1. The van der Waals surface area contributed by atoms with E-state index in [4.69, 9.17) is 19.8 Å². The first-order valence-electron chi connectivity index (χ1n) is 11.0. The number of aromatic nitrogens is 4. The van der Waals surface area contributed by atoms with Crippen molar-refractivity contribution in [2.45, 2.75) is 33.4 Å². The monoisotopic (exact) mass is 478 g/mol. The van der Waals surface area contributed by atoms with E-state index in [0.717, 1.165) is 51.0 Å². The summed E-state index contributed by atoms with van der Waals surface area (Å²) in [6, 6.07) is 11.9. The van der Waals surface area contributed by atoms with Gasteiger partial charge in [0.25, 0.3) is 0 Å². The fourth-order valence-electron chi connectivity index (χ4n) is 3.88. The second-order valence-electron chi connectivity index (χ2n) is 8.31. The Bertz CT molecular complexity index is 1380. The van der Waals surface area contributed by atoms with Gasteiger partial charge in [0, 0.05) is 29.8 Å². The van der Waals surface area contributed by atoms with Gasteiger partial charge in [-0.3, -0.25) is 4.57 Å². The number of hydrogen-bond donors (Lipinski definition) is 2. The molecule has 0 unspecified atom stereocenters. The first kappa shape index (κ1) is 23.8. The summed E-state index contributed by atoms with van der Waals surface area (Å²) in [6.07, 6.45) is 8.75. The van der Waals surface area contributed by atoms with Crippen LogP contribution in [0.1, 0.15) is 17.7 Å². The Kier molecular flexibility index (Phi) is 6.93. The maximum absolute atomic E-state index is 11.1. The highest BCUT2D eigenvalue weighted by atomic mass is 31.2. The van der Waals surface area contributed by atoms with Crippen LogP contribution < -0.4 is 9.13 Å². The van der Waals surface area contributed by atoms with Crippen molar-refractivity contribution in [3.8, 4) is 22.4 Å². The van der Waals surface area contributed by atoms with E-state index in [1.165, 1.54) is 0 Å². The predicted molar refractivity (Wildman–Crippen MR) is 128 cm³/mol. The van der Waals surface area contributed by atoms with Crippen LogP contribution in [0.4, 0.5) is 0 Å². The van der Waals surface area contributed by atoms with Gasteiger partial charge < -0.3 is 14.6 Å². The van der Waals surface area contributed by atoms with Gasteiger partial charge in [-0.2, -0.15) is 0 Å². The molecule has 174 valence electrons. The van der Waals surface area contributed by atoms with Crippen LogP contribution in [0.2, 0.25) is 0 Å². The number of aryl methyl sites for hydroxylation is 4. The minimum Gasteiger partial charge on any atom is -0.324 e. The highest BCUT2D eigenvalue weighted by Gasteiger charge is 2.17. The molecular weight excluding hydrogens is 451 g/mol. The van der Waals surface area contributed by atoms with E-state index in [-0.39, 0.29) is 12.7 Å². The number of hydrogen-bond acceptors (Lipinski definition) is 4. The summed E-state index contributed by atoms with van der Waals surface area (Å²) in [4.78, 5) is 38.4. The SMILES string of the molecule is Cc1cc2nc(-c3cc[n+](CCP(=O)(O)O)cc3)c(C)nc2cc1-c1cc[n+](CCC=O)cc1. The summed E-state index contributed by atoms with van der Waals surface area (Å²) in [6.45, 7) is 4.88. The first-order valence-corrected chi connectivity index (χ1v) is 12.8. The van der Waals surface area contributed by atoms with Gasteiger partial charge in [0.05, 0.1) is 28.8 Å². The zero-order valence-corrected chi connectivity index (χ0v) is 20.0. The molecule has 0 fully saturated rings. The molecule has 0 saturated carbocycles. The Morgan fingerprint density at radius 3 is 2.09 bits per heavy atom. The molecule has 9 heteroatoms. The smallest absolute Gasteiger partial charge is 0.324 e. The zero-order valence-electron chi connectivity index (χ0n) is 19.1. The summed E-state index contributed by atoms with van der Waals surface area (Å²) in [5.41, 5.74) is 7.34. The molecule has 0 amide bonds. The lowest BCUT2D eigenvalue weighted by atomic mass is 10.00. The second-order valence-corrected chi connectivity index (χ2v) is 10.1. The molecule has 2 N–H and O–H groups in total. The molecule has 0 atom stereocenters. The summed E-state index contributed by atoms with van der Waals surface area (Å²) in [7, 11) is -4.03. The standard InChI is InChI=1S/C25H25N4O4P/c1-18-16-23-24(17-22(18)20-4-9-28(10-5-20)8-3-14-30)26-19(2)25(27-23)21-6-11-29(12-7-21)13-15-34(31,32)33/h4-7,9-12,14,16-17H,3,8,13,15H2,1-2H3/p+2. The number of carbonyl (C=O) groups is 1. The highest BCUT2D eigenvalue weighted by molar-refractivity contribution is 7.51. The molecule has 34 heavy (non-hydrogen) atoms. The number of aldehydes is 1. The summed E-state index contributed by atoms with van der Waals surface area (Å²) < 4.78 is 14.8. The molecule has 0 aliphatic carbocycles. The lowest BCUT2D eigenvalue weighted by Gasteiger charge is -2.11. The molecule has 0 spiro atoms. The largest absolute Gasteiger partial charge is 0.331 e. The normalized spacial score (nSPS) is 11.6. The van der Waals surface area contributed by atoms with Crippen molar-refractivity contribution >= 4 is 24.9 Å². The van der Waals surface area contributed by atoms with Crippen molar-refractivity contribution in [3.05, 3.63) is 72.4 Å². The number of nitrogens with zero attached hydrogens (tertiary/aromatic N) is 4. The maximum Gasteiger partial charge on any atom is 0.331 e. The molecule has 3 heterocycles. The van der Waals surface area contributed by atoms with Crippen LogP contribution in [0.5, 0.6) is 0 Å². The van der Waals surface area contributed by atoms with E-state index in [2.05, 4.69) is 13.0 Å². The van der Waals surface area contributed by atoms with E-state index < -0.39 is 7.60 Å². The molecule has 0 aliphatic heterocycles. The fraction of sp³-hybridized carbons (Fsp3) is 0.240. The van der Waals surface area contributed by atoms with Crippen molar-refractivity contribution < 1.29 is 28.3 Å². The third-order valence-electron chi connectivity index (χ3n) is 5.71. The van der Waals surface area contributed by atoms with E-state index in [0.29, 0.717) is 13.0 Å². The zero-order chi connectivity index (χ0) is 24.3. The Morgan fingerprint density at radius 1 is 0.882 bits per heavy atom. The van der Waals surface area contributed by atoms with Crippen molar-refractivity contribution in [2.24, 2.45) is 0 Å². The third-order valence-corrected chi connectivity index (χ3v) is 6.49. The number of pyridine rings is 2. The molecule has 0 aliphatic rings. The van der Waals surface area contributed by atoms with Crippen molar-refractivity contribution in [2.75, 3.05) is 6.16 Å². The quantitative estimate of drug-likeness (QED) is 0.229. The van der Waals surface area contributed by atoms with E-state index in [1.54, 1.807) is 17.0 Å². The van der Waals surface area contributed by atoms with Crippen molar-refractivity contribution in [1.82, 2.24) is 9.97 Å². The number of carbonyl (C=O) groups excluding carboxylic acids is 1. The second kappa shape index (κ2) is 9.89. The summed E-state index contributed by atoms with van der Waals surface area (Å²) in [5, 5.41) is 0. The minimum absolute atomic E-state index is 0.201. The van der Waals surface area contributed by atoms with Crippen LogP contribution in [-0.2, 0) is 22.4 Å². The van der Waals surface area contributed by atoms with Gasteiger partial charge in [-0.25, -0.2) is 19.1 Å². The van der Waals surface area contributed by atoms with Crippen LogP contribution in [0.15, 0.2) is 61.2 Å². The molecule has 4 aromatic rings. The third kappa shape index (κ3) is 5.59. The van der Waals surface area contributed by atoms with E-state index >= 15 is 0 Å². The van der Waals surface area contributed by atoms with Gasteiger partial charge >= 0.3 is 7.60 Å². The molecule has 0 radical (unpaired) electrons. The van der Waals surface area contributed by atoms with Crippen LogP contribution in [0, 0.1) is 13.8 Å². The van der Waals surface area contributed by atoms with Gasteiger partial charge in [0.1, 0.15) is 12.4 Å². The van der Waals surface area contributed by atoms with E-state index in [9.17, 15) is 9.36 Å². The van der Waals surface area contributed by atoms with Crippen LogP contribution in [0.25, 0.3) is 33.4 Å². The summed E-state index contributed by atoms with van der Waals surface area (Å²) in [5.74, 6) is 0. The van der Waals surface area contributed by atoms with E-state index in [1.807, 2.05) is 54.2 Å². The summed E-state index contributed by atoms with van der Waals surface area (Å²) >= 11 is 0. The lowest BCUT2D eigenvalue weighted by molar-refractivity contribution is -0.695. The Morgan fingerprint density at radius 2 is 1.47 bits per heavy atom. The van der Waals surface area contributed by atoms with Crippen LogP contribution in [-0.4, -0.2) is 32.2 Å². The molecular formula is C25H27N4O4P+2. The van der Waals surface area contributed by atoms with Crippen molar-refractivity contribution in [3.63, 3.8) is 0 Å². The maximum atomic E-state index is 11.1. The average Bonchev–Trinajstić information content (AvgIpc) is 2.81. The molecule has 0 bridgehead atoms. The Hall–Kier alpha value is -3.32. The van der Waals surface area contributed by atoms with Crippen LogP contribution in [0.3, 0.4) is 0 Å². The molecule has 8 nitrogen and oxygen atoms in total. The van der Waals surface area contributed by atoms with Gasteiger partial charge in [0.2, 0.25) is 0 Å². The topological polar surface area (TPSA) is 108 Å². The lowest BCUT2D eigenvalue weighted by Crippen LogP contribution is -2.34. The van der Waals surface area contributed by atoms with Gasteiger partial charge in [-0.05, 0) is 42.7 Å². The van der Waals surface area contributed by atoms with Crippen molar-refractivity contribution in [1.29, 1.82) is 0 Å². The average molecular weight is 478 g/mol. The Labute approximate surface area is 197 Å². The highest BCUT2D eigenvalue weighted by Crippen LogP contribution is 2.33. The number of rotatable bonds is 8. The minimum atomic E-state index is -4.03. The van der Waals surface area contributed by atoms with Gasteiger partial charge in [-0.1, -0.05) is 0 Å². The molecule has 1 aromatic carbocycles. The first-order chi connectivity index (χ1) is 16.2. The molecule has 0 saturated heterocycles. The van der Waals surface area contributed by atoms with Gasteiger partial charge in [-0.15, -0.1) is 0 Å². The van der Waals surface area contributed by atoms with Crippen LogP contribution >= 0.6 is 7.60 Å².